The van der Waals surface area contributed by atoms with Crippen LogP contribution in [0.25, 0.3) is 0 Å². The summed E-state index contributed by atoms with van der Waals surface area (Å²) in [7, 11) is 4.49. The number of aromatic amines is 1. The van der Waals surface area contributed by atoms with Crippen molar-refractivity contribution in [1.29, 1.82) is 0 Å². The summed E-state index contributed by atoms with van der Waals surface area (Å²) < 4.78 is 15.9. The SMILES string of the molecule is COC(=O)[C@@H](CCSC)NC(=O)N1CCc2[nH]cnc2[C@@H]1c1cc(OC)ccc1OC. The fourth-order valence-electron chi connectivity index (χ4n) is 3.72. The van der Waals surface area contributed by atoms with Gasteiger partial charge in [0, 0.05) is 24.2 Å². The van der Waals surface area contributed by atoms with Crippen LogP contribution >= 0.6 is 11.8 Å². The number of fused-ring (bicyclic) bond motifs is 1. The molecule has 168 valence electrons. The lowest BCUT2D eigenvalue weighted by Gasteiger charge is -2.36. The predicted molar refractivity (Wildman–Crippen MR) is 118 cm³/mol. The van der Waals surface area contributed by atoms with Gasteiger partial charge in [0.25, 0.3) is 0 Å². The van der Waals surface area contributed by atoms with Crippen molar-refractivity contribution in [3.63, 3.8) is 0 Å². The number of carbonyl (C=O) groups is 2. The van der Waals surface area contributed by atoms with E-state index in [2.05, 4.69) is 15.3 Å². The molecule has 1 aliphatic heterocycles. The van der Waals surface area contributed by atoms with Gasteiger partial charge in [-0.2, -0.15) is 11.8 Å². The predicted octanol–water partition coefficient (Wildman–Crippen LogP) is 2.38. The van der Waals surface area contributed by atoms with Gasteiger partial charge in [-0.3, -0.25) is 0 Å². The van der Waals surface area contributed by atoms with Crippen LogP contribution in [-0.4, -0.2) is 72.8 Å². The van der Waals surface area contributed by atoms with E-state index < -0.39 is 18.1 Å². The number of thioether (sulfide) groups is 1. The number of H-pyrrole nitrogens is 1. The molecule has 0 spiro atoms. The monoisotopic (exact) mass is 448 g/mol. The highest BCUT2D eigenvalue weighted by Crippen LogP contribution is 2.39. The van der Waals surface area contributed by atoms with E-state index >= 15 is 0 Å². The molecular weight excluding hydrogens is 420 g/mol. The van der Waals surface area contributed by atoms with Crippen LogP contribution in [0, 0.1) is 0 Å². The molecule has 2 N–H and O–H groups in total. The van der Waals surface area contributed by atoms with E-state index in [4.69, 9.17) is 14.2 Å². The topological polar surface area (TPSA) is 106 Å². The van der Waals surface area contributed by atoms with E-state index in [-0.39, 0.29) is 6.03 Å². The highest BCUT2D eigenvalue weighted by atomic mass is 32.2. The number of nitrogens with zero attached hydrogens (tertiary/aromatic N) is 2. The number of aromatic nitrogens is 2. The number of methoxy groups -OCH3 is 3. The number of nitrogens with one attached hydrogen (secondary N) is 2. The molecule has 0 saturated carbocycles. The second-order valence-electron chi connectivity index (χ2n) is 7.03. The minimum Gasteiger partial charge on any atom is -0.497 e. The van der Waals surface area contributed by atoms with Crippen LogP contribution in [0.5, 0.6) is 11.5 Å². The first-order chi connectivity index (χ1) is 15.0. The van der Waals surface area contributed by atoms with Crippen LogP contribution in [0.2, 0.25) is 0 Å². The van der Waals surface area contributed by atoms with Gasteiger partial charge in [-0.25, -0.2) is 14.6 Å². The number of esters is 1. The first kappa shape index (κ1) is 22.8. The average molecular weight is 449 g/mol. The molecule has 2 heterocycles. The minimum absolute atomic E-state index is 0.361. The highest BCUT2D eigenvalue weighted by molar-refractivity contribution is 7.98. The summed E-state index contributed by atoms with van der Waals surface area (Å²) in [4.78, 5) is 34.9. The highest BCUT2D eigenvalue weighted by Gasteiger charge is 2.37. The first-order valence-electron chi connectivity index (χ1n) is 9.92. The number of hydrogen-bond donors (Lipinski definition) is 2. The Morgan fingerprint density at radius 3 is 2.81 bits per heavy atom. The number of amides is 2. The van der Waals surface area contributed by atoms with Crippen LogP contribution in [0.1, 0.15) is 29.4 Å². The molecular formula is C21H28N4O5S. The molecule has 0 saturated heterocycles. The van der Waals surface area contributed by atoms with Gasteiger partial charge in [0.05, 0.1) is 33.4 Å². The Morgan fingerprint density at radius 1 is 1.32 bits per heavy atom. The first-order valence-corrected chi connectivity index (χ1v) is 11.3. The van der Waals surface area contributed by atoms with Gasteiger partial charge in [0.2, 0.25) is 0 Å². The van der Waals surface area contributed by atoms with Gasteiger partial charge in [0.1, 0.15) is 23.6 Å². The van der Waals surface area contributed by atoms with Crippen molar-refractivity contribution in [2.24, 2.45) is 0 Å². The van der Waals surface area contributed by atoms with Crippen molar-refractivity contribution in [3.05, 3.63) is 41.5 Å². The van der Waals surface area contributed by atoms with Crippen molar-refractivity contribution < 1.29 is 23.8 Å². The Kier molecular flexibility index (Phi) is 7.67. The summed E-state index contributed by atoms with van der Waals surface area (Å²) in [6, 6.07) is 3.87. The van der Waals surface area contributed by atoms with Crippen LogP contribution in [-0.2, 0) is 16.0 Å². The number of imidazole rings is 1. The van der Waals surface area contributed by atoms with Crippen molar-refractivity contribution in [1.82, 2.24) is 20.2 Å². The maximum absolute atomic E-state index is 13.4. The zero-order valence-electron chi connectivity index (χ0n) is 18.1. The summed E-state index contributed by atoms with van der Waals surface area (Å²) in [6.45, 7) is 0.447. The molecule has 2 atom stereocenters. The van der Waals surface area contributed by atoms with Gasteiger partial charge in [-0.05, 0) is 36.6 Å². The molecule has 0 bridgehead atoms. The molecule has 9 nitrogen and oxygen atoms in total. The van der Waals surface area contributed by atoms with Gasteiger partial charge in [0.15, 0.2) is 0 Å². The van der Waals surface area contributed by atoms with E-state index in [1.165, 1.54) is 7.11 Å². The molecule has 10 heteroatoms. The Morgan fingerprint density at radius 2 is 2.13 bits per heavy atom. The van der Waals surface area contributed by atoms with Crippen LogP contribution in [0.4, 0.5) is 4.79 Å². The van der Waals surface area contributed by atoms with Gasteiger partial charge in [-0.15, -0.1) is 0 Å². The quantitative estimate of drug-likeness (QED) is 0.597. The Labute approximate surface area is 185 Å². The number of hydrogen-bond acceptors (Lipinski definition) is 7. The molecule has 0 unspecified atom stereocenters. The van der Waals surface area contributed by atoms with Gasteiger partial charge < -0.3 is 29.4 Å². The number of carbonyl (C=O) groups excluding carboxylic acids is 2. The summed E-state index contributed by atoms with van der Waals surface area (Å²) >= 11 is 1.60. The third-order valence-electron chi connectivity index (χ3n) is 5.31. The average Bonchev–Trinajstić information content (AvgIpc) is 3.28. The number of urea groups is 1. The van der Waals surface area contributed by atoms with E-state index in [0.29, 0.717) is 30.9 Å². The Bertz CT molecular complexity index is 919. The van der Waals surface area contributed by atoms with E-state index in [1.807, 2.05) is 12.3 Å². The Balaban J connectivity index is 1.97. The lowest BCUT2D eigenvalue weighted by molar-refractivity contribution is -0.142. The molecule has 0 fully saturated rings. The van der Waals surface area contributed by atoms with E-state index in [1.54, 1.807) is 49.3 Å². The molecule has 1 aliphatic rings. The van der Waals surface area contributed by atoms with Crippen LogP contribution < -0.4 is 14.8 Å². The fraction of sp³-hybridized carbons (Fsp3) is 0.476. The van der Waals surface area contributed by atoms with E-state index in [0.717, 1.165) is 22.7 Å². The smallest absolute Gasteiger partial charge is 0.328 e. The van der Waals surface area contributed by atoms with Crippen molar-refractivity contribution in [2.45, 2.75) is 24.9 Å². The molecule has 3 rings (SSSR count). The van der Waals surface area contributed by atoms with Crippen LogP contribution in [0.3, 0.4) is 0 Å². The van der Waals surface area contributed by atoms with Crippen molar-refractivity contribution >= 4 is 23.8 Å². The van der Waals surface area contributed by atoms with E-state index in [9.17, 15) is 9.59 Å². The molecule has 0 radical (unpaired) electrons. The minimum atomic E-state index is -0.724. The standard InChI is InChI=1S/C21H28N4O5S/c1-28-13-5-6-17(29-2)14(11-13)19-18-15(22-12-23-18)7-9-25(19)21(27)24-16(8-10-31-4)20(26)30-3/h5-6,11-12,16,19H,7-10H2,1-4H3,(H,22,23)(H,24,27)/t16-,19+/m1/s1. The lowest BCUT2D eigenvalue weighted by atomic mass is 9.95. The molecule has 2 aromatic rings. The second-order valence-corrected chi connectivity index (χ2v) is 8.01. The summed E-state index contributed by atoms with van der Waals surface area (Å²) in [5.74, 6) is 1.52. The zero-order valence-corrected chi connectivity index (χ0v) is 19.0. The molecule has 2 amide bonds. The summed E-state index contributed by atoms with van der Waals surface area (Å²) in [5, 5.41) is 2.85. The van der Waals surface area contributed by atoms with Gasteiger partial charge in [-0.1, -0.05) is 0 Å². The molecule has 1 aromatic heterocycles. The normalized spacial score (nSPS) is 16.3. The zero-order chi connectivity index (χ0) is 22.4. The summed E-state index contributed by atoms with van der Waals surface area (Å²) in [5.41, 5.74) is 2.46. The maximum atomic E-state index is 13.4. The molecule has 1 aromatic carbocycles. The maximum Gasteiger partial charge on any atom is 0.328 e. The van der Waals surface area contributed by atoms with Gasteiger partial charge >= 0.3 is 12.0 Å². The number of benzene rings is 1. The molecule has 31 heavy (non-hydrogen) atoms. The van der Waals surface area contributed by atoms with Crippen molar-refractivity contribution in [3.8, 4) is 11.5 Å². The Hall–Kier alpha value is -2.88. The number of rotatable bonds is 8. The second kappa shape index (κ2) is 10.4. The van der Waals surface area contributed by atoms with Crippen LogP contribution in [0.15, 0.2) is 24.5 Å². The number of ether oxygens (including phenoxy) is 3. The lowest BCUT2D eigenvalue weighted by Crippen LogP contribution is -2.51. The third-order valence-corrected chi connectivity index (χ3v) is 5.96. The molecule has 0 aliphatic carbocycles. The fourth-order valence-corrected chi connectivity index (χ4v) is 4.19. The third kappa shape index (κ3) is 4.90. The largest absolute Gasteiger partial charge is 0.497 e. The summed E-state index contributed by atoms with van der Waals surface area (Å²) in [6.07, 6.45) is 4.68. The van der Waals surface area contributed by atoms with Crippen molar-refractivity contribution in [2.75, 3.05) is 39.9 Å².